The molecule has 0 fully saturated rings. The zero-order valence-corrected chi connectivity index (χ0v) is 17.6. The quantitative estimate of drug-likeness (QED) is 0.604. The van der Waals surface area contributed by atoms with Crippen LogP contribution in [0.5, 0.6) is 11.5 Å². The first-order chi connectivity index (χ1) is 15.1. The number of rotatable bonds is 7. The van der Waals surface area contributed by atoms with E-state index in [0.29, 0.717) is 47.6 Å². The Hall–Kier alpha value is -3.88. The van der Waals surface area contributed by atoms with Gasteiger partial charge in [0.2, 0.25) is 5.95 Å². The Morgan fingerprint density at radius 2 is 1.84 bits per heavy atom. The number of carbonyl (C=O) groups is 1. The zero-order chi connectivity index (χ0) is 21.8. The van der Waals surface area contributed by atoms with Gasteiger partial charge in [0.25, 0.3) is 5.91 Å². The third-order valence-corrected chi connectivity index (χ3v) is 4.87. The van der Waals surface area contributed by atoms with Crippen molar-refractivity contribution in [3.05, 3.63) is 65.4 Å². The summed E-state index contributed by atoms with van der Waals surface area (Å²) in [5.41, 5.74) is 2.69. The van der Waals surface area contributed by atoms with Crippen molar-refractivity contribution in [2.45, 2.75) is 26.8 Å². The number of fused-ring (bicyclic) bond motifs is 1. The van der Waals surface area contributed by atoms with Crippen LogP contribution in [-0.4, -0.2) is 39.3 Å². The third kappa shape index (κ3) is 4.07. The highest BCUT2D eigenvalue weighted by Crippen LogP contribution is 2.38. The number of tetrazole rings is 1. The van der Waals surface area contributed by atoms with Crippen LogP contribution in [0.4, 0.5) is 11.6 Å². The van der Waals surface area contributed by atoms with Crippen LogP contribution in [0.3, 0.4) is 0 Å². The van der Waals surface area contributed by atoms with E-state index in [2.05, 4.69) is 26.2 Å². The summed E-state index contributed by atoms with van der Waals surface area (Å²) in [7, 11) is 0. The maximum atomic E-state index is 13.3. The number of aromatic nitrogens is 4. The maximum Gasteiger partial charge on any atom is 0.255 e. The van der Waals surface area contributed by atoms with Crippen LogP contribution in [0.15, 0.2) is 59.8 Å². The fraction of sp³-hybridized carbons (Fsp3) is 0.273. The molecule has 160 valence electrons. The molecule has 0 aliphatic carbocycles. The summed E-state index contributed by atoms with van der Waals surface area (Å²) in [6.07, 6.45) is 0. The first kappa shape index (κ1) is 20.4. The number of benzene rings is 2. The van der Waals surface area contributed by atoms with Gasteiger partial charge in [0.05, 0.1) is 18.8 Å². The lowest BCUT2D eigenvalue weighted by molar-refractivity contribution is -0.113. The Bertz CT molecular complexity index is 1110. The lowest BCUT2D eigenvalue weighted by Gasteiger charge is -2.28. The molecule has 1 unspecified atom stereocenters. The average molecular weight is 420 g/mol. The van der Waals surface area contributed by atoms with Crippen molar-refractivity contribution in [1.29, 1.82) is 0 Å². The van der Waals surface area contributed by atoms with E-state index in [9.17, 15) is 4.79 Å². The standard InChI is InChI=1S/C22H24N6O3/c1-4-30-17-12-11-15(13-18(17)31-5-2)20-19(14(3)23-22-25-26-27-28(20)22)21(29)24-16-9-7-6-8-10-16/h6-13,20H,4-5H2,1-3H3,(H,24,29)(H,23,25,27). The van der Waals surface area contributed by atoms with Gasteiger partial charge in [-0.1, -0.05) is 29.4 Å². The minimum atomic E-state index is -0.537. The minimum Gasteiger partial charge on any atom is -0.490 e. The number of amides is 1. The van der Waals surface area contributed by atoms with Crippen molar-refractivity contribution >= 4 is 17.5 Å². The van der Waals surface area contributed by atoms with Gasteiger partial charge in [-0.2, -0.15) is 4.68 Å². The second kappa shape index (κ2) is 8.86. The van der Waals surface area contributed by atoms with Gasteiger partial charge in [0, 0.05) is 11.4 Å². The van der Waals surface area contributed by atoms with Crippen molar-refractivity contribution in [3.63, 3.8) is 0 Å². The number of anilines is 2. The van der Waals surface area contributed by atoms with Gasteiger partial charge < -0.3 is 20.1 Å². The van der Waals surface area contributed by atoms with E-state index in [4.69, 9.17) is 9.47 Å². The zero-order valence-electron chi connectivity index (χ0n) is 17.6. The largest absolute Gasteiger partial charge is 0.490 e. The molecule has 1 amide bonds. The Labute approximate surface area is 180 Å². The van der Waals surface area contributed by atoms with E-state index in [-0.39, 0.29) is 5.91 Å². The average Bonchev–Trinajstić information content (AvgIpc) is 3.23. The van der Waals surface area contributed by atoms with Crippen LogP contribution in [0.25, 0.3) is 0 Å². The van der Waals surface area contributed by atoms with Gasteiger partial charge in [0.15, 0.2) is 11.5 Å². The highest BCUT2D eigenvalue weighted by Gasteiger charge is 2.34. The van der Waals surface area contributed by atoms with E-state index in [1.165, 1.54) is 0 Å². The predicted molar refractivity (Wildman–Crippen MR) is 116 cm³/mol. The highest BCUT2D eigenvalue weighted by atomic mass is 16.5. The monoisotopic (exact) mass is 420 g/mol. The summed E-state index contributed by atoms with van der Waals surface area (Å²) < 4.78 is 13.1. The number of carbonyl (C=O) groups excluding carboxylic acids is 1. The lowest BCUT2D eigenvalue weighted by Crippen LogP contribution is -2.31. The van der Waals surface area contributed by atoms with Gasteiger partial charge in [-0.25, -0.2) is 0 Å². The normalized spacial score (nSPS) is 15.1. The molecule has 3 aromatic rings. The molecule has 0 saturated carbocycles. The van der Waals surface area contributed by atoms with E-state index in [0.717, 1.165) is 5.56 Å². The molecule has 0 radical (unpaired) electrons. The molecule has 1 aliphatic heterocycles. The third-order valence-electron chi connectivity index (χ3n) is 4.87. The Morgan fingerprint density at radius 1 is 1.10 bits per heavy atom. The van der Waals surface area contributed by atoms with Gasteiger partial charge in [-0.3, -0.25) is 4.79 Å². The summed E-state index contributed by atoms with van der Waals surface area (Å²) in [4.78, 5) is 13.3. The maximum absolute atomic E-state index is 13.3. The van der Waals surface area contributed by atoms with Crippen molar-refractivity contribution in [2.24, 2.45) is 0 Å². The first-order valence-corrected chi connectivity index (χ1v) is 10.1. The Morgan fingerprint density at radius 3 is 2.58 bits per heavy atom. The molecular formula is C22H24N6O3. The van der Waals surface area contributed by atoms with Crippen molar-refractivity contribution in [3.8, 4) is 11.5 Å². The van der Waals surface area contributed by atoms with Crippen LogP contribution < -0.4 is 20.1 Å². The smallest absolute Gasteiger partial charge is 0.255 e. The molecule has 9 heteroatoms. The fourth-order valence-corrected chi connectivity index (χ4v) is 3.57. The minimum absolute atomic E-state index is 0.241. The summed E-state index contributed by atoms with van der Waals surface area (Å²) in [5.74, 6) is 1.48. The second-order valence-electron chi connectivity index (χ2n) is 6.91. The Kier molecular flexibility index (Phi) is 5.83. The summed E-state index contributed by atoms with van der Waals surface area (Å²) >= 11 is 0. The molecule has 1 atom stereocenters. The molecule has 2 N–H and O–H groups in total. The molecule has 0 saturated heterocycles. The van der Waals surface area contributed by atoms with E-state index in [1.54, 1.807) is 4.68 Å². The van der Waals surface area contributed by atoms with Crippen LogP contribution in [0, 0.1) is 0 Å². The Balaban J connectivity index is 1.77. The fourth-order valence-electron chi connectivity index (χ4n) is 3.57. The first-order valence-electron chi connectivity index (χ1n) is 10.1. The SMILES string of the molecule is CCOc1ccc(C2C(C(=O)Nc3ccccc3)=C(C)Nc3nnnn32)cc1OCC. The van der Waals surface area contributed by atoms with Crippen LogP contribution >= 0.6 is 0 Å². The van der Waals surface area contributed by atoms with E-state index < -0.39 is 6.04 Å². The van der Waals surface area contributed by atoms with E-state index >= 15 is 0 Å². The number of hydrogen-bond donors (Lipinski definition) is 2. The molecule has 1 aliphatic rings. The van der Waals surface area contributed by atoms with Crippen molar-refractivity contribution < 1.29 is 14.3 Å². The highest BCUT2D eigenvalue weighted by molar-refractivity contribution is 6.06. The molecule has 1 aromatic heterocycles. The number of ether oxygens (including phenoxy) is 2. The number of allylic oxidation sites excluding steroid dienone is 1. The second-order valence-corrected chi connectivity index (χ2v) is 6.91. The summed E-state index contributed by atoms with van der Waals surface area (Å²) in [6, 6.07) is 14.4. The number of nitrogens with one attached hydrogen (secondary N) is 2. The van der Waals surface area contributed by atoms with E-state index in [1.807, 2.05) is 69.3 Å². The molecule has 0 bridgehead atoms. The molecule has 31 heavy (non-hydrogen) atoms. The number of nitrogens with zero attached hydrogens (tertiary/aromatic N) is 4. The summed E-state index contributed by atoms with van der Waals surface area (Å²) in [5, 5.41) is 18.0. The van der Waals surface area contributed by atoms with Crippen molar-refractivity contribution in [1.82, 2.24) is 20.2 Å². The van der Waals surface area contributed by atoms with Crippen LogP contribution in [-0.2, 0) is 4.79 Å². The van der Waals surface area contributed by atoms with Gasteiger partial charge in [-0.05, 0) is 61.0 Å². The van der Waals surface area contributed by atoms with Crippen LogP contribution in [0.1, 0.15) is 32.4 Å². The molecule has 2 heterocycles. The summed E-state index contributed by atoms with van der Waals surface area (Å²) in [6.45, 7) is 6.68. The predicted octanol–water partition coefficient (Wildman–Crippen LogP) is 3.40. The lowest BCUT2D eigenvalue weighted by atomic mass is 9.94. The topological polar surface area (TPSA) is 103 Å². The molecule has 0 spiro atoms. The number of para-hydroxylation sites is 1. The van der Waals surface area contributed by atoms with Gasteiger partial charge in [0.1, 0.15) is 6.04 Å². The molecular weight excluding hydrogens is 396 g/mol. The van der Waals surface area contributed by atoms with Gasteiger partial charge in [-0.15, -0.1) is 0 Å². The van der Waals surface area contributed by atoms with Crippen LogP contribution in [0.2, 0.25) is 0 Å². The van der Waals surface area contributed by atoms with Gasteiger partial charge >= 0.3 is 0 Å². The number of hydrogen-bond acceptors (Lipinski definition) is 7. The molecule has 9 nitrogen and oxygen atoms in total. The molecule has 2 aromatic carbocycles. The van der Waals surface area contributed by atoms with Crippen molar-refractivity contribution in [2.75, 3.05) is 23.8 Å². The molecule has 4 rings (SSSR count).